The molecular formula is C34H34N4O5. The van der Waals surface area contributed by atoms with Gasteiger partial charge in [0.15, 0.2) is 0 Å². The van der Waals surface area contributed by atoms with Gasteiger partial charge in [-0.2, -0.15) is 0 Å². The molecule has 0 aliphatic carbocycles. The fourth-order valence-electron chi connectivity index (χ4n) is 6.96. The molecule has 4 heterocycles. The van der Waals surface area contributed by atoms with Crippen LogP contribution >= 0.6 is 0 Å². The Labute approximate surface area is 248 Å². The fourth-order valence-corrected chi connectivity index (χ4v) is 6.96. The van der Waals surface area contributed by atoms with Crippen LogP contribution in [0.25, 0.3) is 43.6 Å². The van der Waals surface area contributed by atoms with Crippen molar-refractivity contribution in [1.29, 1.82) is 0 Å². The number of benzene rings is 3. The molecule has 7 rings (SSSR count). The summed E-state index contributed by atoms with van der Waals surface area (Å²) in [5.41, 5.74) is 3.91. The van der Waals surface area contributed by atoms with Crippen molar-refractivity contribution in [2.75, 3.05) is 26.2 Å². The lowest BCUT2D eigenvalue weighted by atomic mass is 9.96. The molecule has 220 valence electrons. The Morgan fingerprint density at radius 2 is 1.63 bits per heavy atom. The molecule has 0 spiro atoms. The van der Waals surface area contributed by atoms with E-state index in [0.717, 1.165) is 32.8 Å². The number of nitrogens with zero attached hydrogens (tertiary/aromatic N) is 3. The van der Waals surface area contributed by atoms with E-state index < -0.39 is 24.5 Å². The molecular weight excluding hydrogens is 544 g/mol. The van der Waals surface area contributed by atoms with Crippen LogP contribution in [0, 0.1) is 0 Å². The highest BCUT2D eigenvalue weighted by Crippen LogP contribution is 2.47. The van der Waals surface area contributed by atoms with Crippen molar-refractivity contribution in [2.24, 2.45) is 0 Å². The molecule has 2 aliphatic rings. The summed E-state index contributed by atoms with van der Waals surface area (Å²) in [4.78, 5) is 35.6. The largest absolute Gasteiger partial charge is 0.390 e. The van der Waals surface area contributed by atoms with E-state index in [4.69, 9.17) is 4.74 Å². The lowest BCUT2D eigenvalue weighted by molar-refractivity contribution is -0.182. The molecule has 4 atom stereocenters. The SMILES string of the molecule is C=CCN(CC=C)CCN1C(=O)c2c(c3c4ccccc4n(C4CC(O)C(O)C(C)O4)c3c3[nH]c4ccccc4c23)C1=O. The van der Waals surface area contributed by atoms with Gasteiger partial charge in [0.2, 0.25) is 0 Å². The molecule has 9 heteroatoms. The summed E-state index contributed by atoms with van der Waals surface area (Å²) in [5, 5.41) is 24.2. The second-order valence-corrected chi connectivity index (χ2v) is 11.5. The number of ether oxygens (including phenoxy) is 1. The number of nitrogens with one attached hydrogen (secondary N) is 1. The summed E-state index contributed by atoms with van der Waals surface area (Å²) in [6.07, 6.45) is 0.554. The van der Waals surface area contributed by atoms with Crippen LogP contribution in [0.4, 0.5) is 0 Å². The smallest absolute Gasteiger partial charge is 0.262 e. The third-order valence-corrected chi connectivity index (χ3v) is 8.91. The summed E-state index contributed by atoms with van der Waals surface area (Å²) in [6, 6.07) is 15.5. The first-order valence-corrected chi connectivity index (χ1v) is 14.7. The number of para-hydroxylation sites is 2. The quantitative estimate of drug-likeness (QED) is 0.181. The van der Waals surface area contributed by atoms with E-state index in [1.54, 1.807) is 19.1 Å². The van der Waals surface area contributed by atoms with Crippen LogP contribution in [0.3, 0.4) is 0 Å². The zero-order chi connectivity index (χ0) is 30.0. The minimum atomic E-state index is -1.00. The van der Waals surface area contributed by atoms with Crippen molar-refractivity contribution >= 4 is 55.4 Å². The summed E-state index contributed by atoms with van der Waals surface area (Å²) in [6.45, 7) is 11.3. The maximum Gasteiger partial charge on any atom is 0.262 e. The second-order valence-electron chi connectivity index (χ2n) is 11.5. The van der Waals surface area contributed by atoms with Crippen molar-refractivity contribution in [2.45, 2.75) is 37.9 Å². The van der Waals surface area contributed by atoms with Crippen molar-refractivity contribution < 1.29 is 24.5 Å². The first-order chi connectivity index (χ1) is 20.8. The van der Waals surface area contributed by atoms with Crippen LogP contribution in [0.2, 0.25) is 0 Å². The van der Waals surface area contributed by atoms with Crippen LogP contribution in [0.5, 0.6) is 0 Å². The first-order valence-electron chi connectivity index (χ1n) is 14.7. The number of rotatable bonds is 8. The van der Waals surface area contributed by atoms with Gasteiger partial charge in [-0.15, -0.1) is 13.2 Å². The van der Waals surface area contributed by atoms with E-state index in [0.29, 0.717) is 41.5 Å². The van der Waals surface area contributed by atoms with Gasteiger partial charge in [0.1, 0.15) is 12.3 Å². The van der Waals surface area contributed by atoms with E-state index in [2.05, 4.69) is 23.0 Å². The minimum Gasteiger partial charge on any atom is -0.390 e. The van der Waals surface area contributed by atoms with Crippen LogP contribution < -0.4 is 0 Å². The highest BCUT2D eigenvalue weighted by Gasteiger charge is 2.43. The van der Waals surface area contributed by atoms with Gasteiger partial charge < -0.3 is 24.5 Å². The van der Waals surface area contributed by atoms with Gasteiger partial charge in [-0.25, -0.2) is 0 Å². The summed E-state index contributed by atoms with van der Waals surface area (Å²) in [7, 11) is 0. The Bertz CT molecular complexity index is 1930. The van der Waals surface area contributed by atoms with Gasteiger partial charge in [-0.3, -0.25) is 19.4 Å². The van der Waals surface area contributed by atoms with Crippen molar-refractivity contribution in [3.63, 3.8) is 0 Å². The van der Waals surface area contributed by atoms with E-state index in [1.165, 1.54) is 4.90 Å². The Morgan fingerprint density at radius 1 is 0.977 bits per heavy atom. The summed E-state index contributed by atoms with van der Waals surface area (Å²) in [5.74, 6) is -0.641. The number of carbonyl (C=O) groups excluding carboxylic acids is 2. The van der Waals surface area contributed by atoms with E-state index in [9.17, 15) is 19.8 Å². The van der Waals surface area contributed by atoms with Gasteiger partial charge in [0, 0.05) is 59.7 Å². The topological polar surface area (TPSA) is 111 Å². The Balaban J connectivity index is 1.52. The number of aliphatic hydroxyl groups excluding tert-OH is 2. The lowest BCUT2D eigenvalue weighted by Crippen LogP contribution is -2.45. The highest BCUT2D eigenvalue weighted by molar-refractivity contribution is 6.39. The van der Waals surface area contributed by atoms with E-state index in [-0.39, 0.29) is 24.8 Å². The highest BCUT2D eigenvalue weighted by atomic mass is 16.5. The van der Waals surface area contributed by atoms with Crippen molar-refractivity contribution in [3.05, 3.63) is 85.0 Å². The zero-order valence-electron chi connectivity index (χ0n) is 24.0. The summed E-state index contributed by atoms with van der Waals surface area (Å²) < 4.78 is 8.33. The molecule has 0 saturated carbocycles. The van der Waals surface area contributed by atoms with E-state index in [1.807, 2.05) is 53.1 Å². The van der Waals surface area contributed by atoms with Crippen LogP contribution in [-0.2, 0) is 4.74 Å². The number of aromatic amines is 1. The van der Waals surface area contributed by atoms with Gasteiger partial charge >= 0.3 is 0 Å². The standard InChI is InChI=1S/C34H34N4O5/c1-4-14-36(15-5-2)16-17-37-33(41)28-26-20-10-6-8-12-22(20)35-30(26)31-27(29(28)34(37)42)21-11-7-9-13-23(21)38(31)25-18-24(39)32(40)19(3)43-25/h4-13,19,24-25,32,35,39-40H,1-2,14-18H2,3H3. The average Bonchev–Trinajstić information content (AvgIpc) is 3.62. The van der Waals surface area contributed by atoms with E-state index >= 15 is 0 Å². The molecule has 9 nitrogen and oxygen atoms in total. The average molecular weight is 579 g/mol. The predicted octanol–water partition coefficient (Wildman–Crippen LogP) is 4.73. The number of fused-ring (bicyclic) bond motifs is 10. The van der Waals surface area contributed by atoms with Crippen LogP contribution in [0.1, 0.15) is 40.3 Å². The molecule has 2 amide bonds. The molecule has 2 aliphatic heterocycles. The Hall–Kier alpha value is -4.28. The number of aromatic nitrogens is 2. The molecule has 0 bridgehead atoms. The minimum absolute atomic E-state index is 0.166. The summed E-state index contributed by atoms with van der Waals surface area (Å²) >= 11 is 0. The third-order valence-electron chi connectivity index (χ3n) is 8.91. The Kier molecular flexibility index (Phi) is 6.70. The predicted molar refractivity (Wildman–Crippen MR) is 167 cm³/mol. The third kappa shape index (κ3) is 4.07. The molecule has 5 aromatic rings. The molecule has 4 unspecified atom stereocenters. The van der Waals surface area contributed by atoms with Crippen molar-refractivity contribution in [1.82, 2.24) is 19.4 Å². The molecule has 1 fully saturated rings. The van der Waals surface area contributed by atoms with Gasteiger partial charge in [-0.1, -0.05) is 48.6 Å². The number of carbonyl (C=O) groups is 2. The number of H-pyrrole nitrogens is 1. The maximum absolute atomic E-state index is 14.3. The number of hydrogen-bond donors (Lipinski definition) is 3. The Morgan fingerprint density at radius 3 is 2.33 bits per heavy atom. The lowest BCUT2D eigenvalue weighted by Gasteiger charge is -2.36. The van der Waals surface area contributed by atoms with Gasteiger partial charge in [0.05, 0.1) is 39.9 Å². The first kappa shape index (κ1) is 27.5. The van der Waals surface area contributed by atoms with Crippen LogP contribution in [-0.4, -0.2) is 85.9 Å². The van der Waals surface area contributed by atoms with Gasteiger partial charge in [-0.05, 0) is 19.1 Å². The monoisotopic (exact) mass is 578 g/mol. The number of aliphatic hydroxyl groups is 2. The second kappa shape index (κ2) is 10.5. The number of hydrogen-bond acceptors (Lipinski definition) is 6. The maximum atomic E-state index is 14.3. The number of imide groups is 1. The molecule has 3 aromatic carbocycles. The van der Waals surface area contributed by atoms with Crippen molar-refractivity contribution in [3.8, 4) is 0 Å². The molecule has 2 aromatic heterocycles. The molecule has 3 N–H and O–H groups in total. The van der Waals surface area contributed by atoms with Crippen LogP contribution in [0.15, 0.2) is 73.8 Å². The van der Waals surface area contributed by atoms with Gasteiger partial charge in [0.25, 0.3) is 11.8 Å². The molecule has 0 radical (unpaired) electrons. The fraction of sp³-hybridized carbons (Fsp3) is 0.294. The molecule has 43 heavy (non-hydrogen) atoms. The zero-order valence-corrected chi connectivity index (χ0v) is 24.0. The number of amides is 2. The molecule has 1 saturated heterocycles. The normalized spacial score (nSPS) is 22.5.